The van der Waals surface area contributed by atoms with E-state index in [4.69, 9.17) is 10.5 Å². The first-order valence-corrected chi connectivity index (χ1v) is 8.28. The van der Waals surface area contributed by atoms with E-state index in [9.17, 15) is 4.79 Å². The zero-order valence-corrected chi connectivity index (χ0v) is 13.8. The fraction of sp³-hybridized carbons (Fsp3) is 0.611. The summed E-state index contributed by atoms with van der Waals surface area (Å²) in [5.74, 6) is 1.54. The van der Waals surface area contributed by atoms with Crippen LogP contribution in [0.4, 0.5) is 0 Å². The summed E-state index contributed by atoms with van der Waals surface area (Å²) in [6.07, 6.45) is 2.76. The third kappa shape index (κ3) is 4.23. The second-order valence-corrected chi connectivity index (χ2v) is 6.53. The summed E-state index contributed by atoms with van der Waals surface area (Å²) in [7, 11) is 0. The van der Waals surface area contributed by atoms with Crippen molar-refractivity contribution in [2.75, 3.05) is 6.54 Å². The predicted molar refractivity (Wildman–Crippen MR) is 88.9 cm³/mol. The SMILES string of the molecule is CC(Oc1cccc(C(C)C)c1)C(=O)NC1CCCC1CN. The summed E-state index contributed by atoms with van der Waals surface area (Å²) in [6, 6.07) is 8.15. The molecule has 1 saturated carbocycles. The molecule has 1 fully saturated rings. The van der Waals surface area contributed by atoms with E-state index in [2.05, 4.69) is 25.2 Å². The van der Waals surface area contributed by atoms with Gasteiger partial charge in [0.15, 0.2) is 6.10 Å². The first-order chi connectivity index (χ1) is 10.5. The minimum atomic E-state index is -0.499. The molecule has 3 N–H and O–H groups in total. The van der Waals surface area contributed by atoms with E-state index in [-0.39, 0.29) is 11.9 Å². The summed E-state index contributed by atoms with van der Waals surface area (Å²) >= 11 is 0. The normalized spacial score (nSPS) is 22.6. The van der Waals surface area contributed by atoms with Crippen LogP contribution < -0.4 is 15.8 Å². The van der Waals surface area contributed by atoms with Crippen LogP contribution in [-0.4, -0.2) is 24.6 Å². The van der Waals surface area contributed by atoms with Crippen LogP contribution in [0, 0.1) is 5.92 Å². The number of rotatable bonds is 6. The number of nitrogens with two attached hydrogens (primary N) is 1. The average Bonchev–Trinajstić information content (AvgIpc) is 2.94. The highest BCUT2D eigenvalue weighted by Gasteiger charge is 2.29. The summed E-state index contributed by atoms with van der Waals surface area (Å²) in [6.45, 7) is 6.71. The molecule has 0 radical (unpaired) electrons. The minimum Gasteiger partial charge on any atom is -0.481 e. The molecule has 0 heterocycles. The summed E-state index contributed by atoms with van der Waals surface area (Å²) in [5, 5.41) is 3.09. The van der Waals surface area contributed by atoms with Gasteiger partial charge in [-0.05, 0) is 55.8 Å². The van der Waals surface area contributed by atoms with E-state index >= 15 is 0 Å². The van der Waals surface area contributed by atoms with E-state index in [0.29, 0.717) is 18.4 Å². The second-order valence-electron chi connectivity index (χ2n) is 6.53. The lowest BCUT2D eigenvalue weighted by molar-refractivity contribution is -0.128. The zero-order valence-electron chi connectivity index (χ0n) is 13.8. The van der Waals surface area contributed by atoms with Crippen molar-refractivity contribution in [1.82, 2.24) is 5.32 Å². The molecule has 1 aromatic rings. The summed E-state index contributed by atoms with van der Waals surface area (Å²) in [5.41, 5.74) is 6.97. The van der Waals surface area contributed by atoms with Gasteiger partial charge in [0.05, 0.1) is 0 Å². The Morgan fingerprint density at radius 3 is 2.82 bits per heavy atom. The molecule has 1 aliphatic carbocycles. The Kier molecular flexibility index (Phi) is 5.83. The highest BCUT2D eigenvalue weighted by Crippen LogP contribution is 2.25. The van der Waals surface area contributed by atoms with Gasteiger partial charge in [0.1, 0.15) is 5.75 Å². The molecule has 1 aliphatic rings. The number of amides is 1. The number of hydrogen-bond donors (Lipinski definition) is 2. The number of hydrogen-bond acceptors (Lipinski definition) is 3. The van der Waals surface area contributed by atoms with Crippen molar-refractivity contribution < 1.29 is 9.53 Å². The predicted octanol–water partition coefficient (Wildman–Crippen LogP) is 2.82. The molecule has 0 saturated heterocycles. The van der Waals surface area contributed by atoms with Crippen LogP contribution in [0.1, 0.15) is 51.5 Å². The Morgan fingerprint density at radius 2 is 2.14 bits per heavy atom. The van der Waals surface area contributed by atoms with E-state index < -0.39 is 6.10 Å². The maximum Gasteiger partial charge on any atom is 0.261 e. The fourth-order valence-corrected chi connectivity index (χ4v) is 3.01. The molecule has 0 spiro atoms. The van der Waals surface area contributed by atoms with Crippen molar-refractivity contribution in [3.63, 3.8) is 0 Å². The van der Waals surface area contributed by atoms with Gasteiger partial charge in [0.25, 0.3) is 5.91 Å². The first-order valence-electron chi connectivity index (χ1n) is 8.28. The Bertz CT molecular complexity index is 502. The smallest absolute Gasteiger partial charge is 0.261 e. The monoisotopic (exact) mass is 304 g/mol. The highest BCUT2D eigenvalue weighted by molar-refractivity contribution is 5.81. The molecule has 3 unspecified atom stereocenters. The Hall–Kier alpha value is -1.55. The van der Waals surface area contributed by atoms with Crippen LogP contribution in [0.15, 0.2) is 24.3 Å². The Labute approximate surface area is 133 Å². The van der Waals surface area contributed by atoms with Gasteiger partial charge in [-0.3, -0.25) is 4.79 Å². The molecule has 122 valence electrons. The van der Waals surface area contributed by atoms with Gasteiger partial charge in [0, 0.05) is 6.04 Å². The van der Waals surface area contributed by atoms with Gasteiger partial charge in [-0.25, -0.2) is 0 Å². The minimum absolute atomic E-state index is 0.0553. The number of carbonyl (C=O) groups excluding carboxylic acids is 1. The molecular weight excluding hydrogens is 276 g/mol. The maximum atomic E-state index is 12.3. The lowest BCUT2D eigenvalue weighted by atomic mass is 10.0. The number of ether oxygens (including phenoxy) is 1. The van der Waals surface area contributed by atoms with Crippen LogP contribution in [0.2, 0.25) is 0 Å². The third-order valence-corrected chi connectivity index (χ3v) is 4.50. The van der Waals surface area contributed by atoms with Gasteiger partial charge in [-0.2, -0.15) is 0 Å². The average molecular weight is 304 g/mol. The third-order valence-electron chi connectivity index (χ3n) is 4.50. The maximum absolute atomic E-state index is 12.3. The van der Waals surface area contributed by atoms with Gasteiger partial charge in [-0.1, -0.05) is 32.4 Å². The first kappa shape index (κ1) is 16.8. The molecule has 2 rings (SSSR count). The van der Waals surface area contributed by atoms with E-state index in [0.717, 1.165) is 25.0 Å². The van der Waals surface area contributed by atoms with Gasteiger partial charge >= 0.3 is 0 Å². The molecule has 22 heavy (non-hydrogen) atoms. The molecule has 4 heteroatoms. The summed E-state index contributed by atoms with van der Waals surface area (Å²) in [4.78, 5) is 12.3. The Balaban J connectivity index is 1.92. The largest absolute Gasteiger partial charge is 0.481 e. The van der Waals surface area contributed by atoms with Crippen molar-refractivity contribution in [3.8, 4) is 5.75 Å². The van der Waals surface area contributed by atoms with Gasteiger partial charge in [-0.15, -0.1) is 0 Å². The number of nitrogens with one attached hydrogen (secondary N) is 1. The van der Waals surface area contributed by atoms with E-state index in [1.54, 1.807) is 6.92 Å². The fourth-order valence-electron chi connectivity index (χ4n) is 3.01. The molecule has 0 aromatic heterocycles. The molecular formula is C18H28N2O2. The quantitative estimate of drug-likeness (QED) is 0.849. The number of carbonyl (C=O) groups is 1. The molecule has 1 aromatic carbocycles. The number of benzene rings is 1. The van der Waals surface area contributed by atoms with E-state index in [1.165, 1.54) is 5.56 Å². The van der Waals surface area contributed by atoms with Crippen molar-refractivity contribution in [1.29, 1.82) is 0 Å². The standard InChI is InChI=1S/C18H28N2O2/c1-12(2)14-6-4-8-16(10-14)22-13(3)18(21)20-17-9-5-7-15(17)11-19/h4,6,8,10,12-13,15,17H,5,7,9,11,19H2,1-3H3,(H,20,21). The zero-order chi connectivity index (χ0) is 16.1. The van der Waals surface area contributed by atoms with Crippen LogP contribution in [-0.2, 0) is 4.79 Å². The van der Waals surface area contributed by atoms with Crippen molar-refractivity contribution in [2.24, 2.45) is 11.7 Å². The van der Waals surface area contributed by atoms with Gasteiger partial charge < -0.3 is 15.8 Å². The molecule has 0 bridgehead atoms. The lowest BCUT2D eigenvalue weighted by Crippen LogP contribution is -2.45. The van der Waals surface area contributed by atoms with Crippen LogP contribution in [0.25, 0.3) is 0 Å². The lowest BCUT2D eigenvalue weighted by Gasteiger charge is -2.22. The van der Waals surface area contributed by atoms with E-state index in [1.807, 2.05) is 18.2 Å². The van der Waals surface area contributed by atoms with Crippen molar-refractivity contribution >= 4 is 5.91 Å². The van der Waals surface area contributed by atoms with Crippen LogP contribution >= 0.6 is 0 Å². The van der Waals surface area contributed by atoms with Gasteiger partial charge in [0.2, 0.25) is 0 Å². The molecule has 3 atom stereocenters. The van der Waals surface area contributed by atoms with Crippen molar-refractivity contribution in [3.05, 3.63) is 29.8 Å². The molecule has 0 aliphatic heterocycles. The van der Waals surface area contributed by atoms with Crippen LogP contribution in [0.5, 0.6) is 5.75 Å². The molecule has 4 nitrogen and oxygen atoms in total. The second kappa shape index (κ2) is 7.63. The summed E-state index contributed by atoms with van der Waals surface area (Å²) < 4.78 is 5.80. The van der Waals surface area contributed by atoms with Crippen molar-refractivity contribution in [2.45, 2.75) is 58.1 Å². The Morgan fingerprint density at radius 1 is 1.36 bits per heavy atom. The molecule has 1 amide bonds. The van der Waals surface area contributed by atoms with Crippen LogP contribution in [0.3, 0.4) is 0 Å². The topological polar surface area (TPSA) is 64.3 Å². The highest BCUT2D eigenvalue weighted by atomic mass is 16.5.